The molecule has 0 saturated carbocycles. The number of carbonyl (C=O) groups is 2. The molecule has 4 heteroatoms. The zero-order valence-electron chi connectivity index (χ0n) is 13.5. The van der Waals surface area contributed by atoms with Crippen LogP contribution in [0, 0.1) is 25.6 Å². The van der Waals surface area contributed by atoms with Crippen LogP contribution in [0.15, 0.2) is 23.8 Å². The summed E-state index contributed by atoms with van der Waals surface area (Å²) in [6.45, 7) is 4.95. The van der Waals surface area contributed by atoms with Crippen molar-refractivity contribution in [3.05, 3.63) is 46.3 Å². The van der Waals surface area contributed by atoms with Gasteiger partial charge in [0.1, 0.15) is 11.7 Å². The molecule has 1 aromatic rings. The van der Waals surface area contributed by atoms with Crippen LogP contribution in [0.5, 0.6) is 0 Å². The summed E-state index contributed by atoms with van der Waals surface area (Å²) >= 11 is 0. The Hall–Kier alpha value is -1.81. The highest BCUT2D eigenvalue weighted by molar-refractivity contribution is 6.25. The summed E-state index contributed by atoms with van der Waals surface area (Å²) in [7, 11) is 0. The lowest BCUT2D eigenvalue weighted by Gasteiger charge is -2.22. The first-order valence-corrected chi connectivity index (χ1v) is 8.10. The summed E-state index contributed by atoms with van der Waals surface area (Å²) in [6, 6.07) is 2.78. The van der Waals surface area contributed by atoms with Gasteiger partial charge in [0.2, 0.25) is 0 Å². The van der Waals surface area contributed by atoms with E-state index in [2.05, 4.69) is 0 Å². The number of rotatable bonds is 3. The van der Waals surface area contributed by atoms with E-state index in [0.717, 1.165) is 26.1 Å². The van der Waals surface area contributed by atoms with Crippen molar-refractivity contribution in [2.45, 2.75) is 39.0 Å². The Kier molecular flexibility index (Phi) is 4.44. The molecule has 1 fully saturated rings. The van der Waals surface area contributed by atoms with Gasteiger partial charge in [-0.2, -0.15) is 0 Å². The molecule has 1 unspecified atom stereocenters. The molecule has 1 aliphatic carbocycles. The first-order valence-electron chi connectivity index (χ1n) is 8.10. The van der Waals surface area contributed by atoms with Crippen LogP contribution in [0.3, 0.4) is 0 Å². The fourth-order valence-electron chi connectivity index (χ4n) is 3.71. The first-order chi connectivity index (χ1) is 11.0. The summed E-state index contributed by atoms with van der Waals surface area (Å²) in [4.78, 5) is 25.2. The number of aryl methyl sites for hydroxylation is 2. The third-order valence-electron chi connectivity index (χ3n) is 4.88. The van der Waals surface area contributed by atoms with Crippen molar-refractivity contribution in [2.24, 2.45) is 5.92 Å². The van der Waals surface area contributed by atoms with Gasteiger partial charge in [0.25, 0.3) is 0 Å². The zero-order valence-corrected chi connectivity index (χ0v) is 13.5. The number of ketones is 2. The number of carbonyl (C=O) groups excluding carboxylic acids is 2. The Morgan fingerprint density at radius 1 is 1.13 bits per heavy atom. The molecule has 0 radical (unpaired) electrons. The lowest BCUT2D eigenvalue weighted by atomic mass is 9.85. The van der Waals surface area contributed by atoms with Crippen molar-refractivity contribution in [1.29, 1.82) is 0 Å². The summed E-state index contributed by atoms with van der Waals surface area (Å²) in [6.07, 6.45) is 4.00. The zero-order chi connectivity index (χ0) is 16.6. The molecule has 2 aliphatic rings. The average Bonchev–Trinajstić information content (AvgIpc) is 2.75. The predicted octanol–water partition coefficient (Wildman–Crippen LogP) is 3.42. The number of benzene rings is 1. The van der Waals surface area contributed by atoms with Crippen molar-refractivity contribution < 1.29 is 18.7 Å². The standard InChI is InChI=1S/C19H21FO3/c1-11-7-15(20)8-12(2)17(11)18-16(21)10-14(19(18)22)9-13-3-5-23-6-4-13/h7-8,10,13,18H,3-6,9H2,1-2H3. The van der Waals surface area contributed by atoms with E-state index in [9.17, 15) is 14.0 Å². The predicted molar refractivity (Wildman–Crippen MR) is 84.9 cm³/mol. The molecule has 1 saturated heterocycles. The lowest BCUT2D eigenvalue weighted by molar-refractivity contribution is -0.123. The normalized spacial score (nSPS) is 22.6. The first kappa shape index (κ1) is 16.1. The van der Waals surface area contributed by atoms with Crippen LogP contribution in [0.4, 0.5) is 4.39 Å². The number of ether oxygens (including phenoxy) is 1. The number of Topliss-reactive ketones (excluding diaryl/α,β-unsaturated/α-hetero) is 1. The monoisotopic (exact) mass is 316 g/mol. The van der Waals surface area contributed by atoms with E-state index in [4.69, 9.17) is 4.74 Å². The maximum absolute atomic E-state index is 13.5. The van der Waals surface area contributed by atoms with Crippen LogP contribution in [0.25, 0.3) is 0 Å². The lowest BCUT2D eigenvalue weighted by Crippen LogP contribution is -2.20. The SMILES string of the molecule is Cc1cc(F)cc(C)c1C1C(=O)C=C(CC2CCOCC2)C1=O. The molecule has 1 atom stereocenters. The molecule has 23 heavy (non-hydrogen) atoms. The Balaban J connectivity index is 1.84. The summed E-state index contributed by atoms with van der Waals surface area (Å²) < 4.78 is 18.8. The van der Waals surface area contributed by atoms with E-state index in [1.54, 1.807) is 13.8 Å². The Labute approximate surface area is 135 Å². The van der Waals surface area contributed by atoms with Gasteiger partial charge in [0.15, 0.2) is 11.6 Å². The van der Waals surface area contributed by atoms with E-state index < -0.39 is 5.92 Å². The molecule has 122 valence electrons. The fraction of sp³-hybridized carbons (Fsp3) is 0.474. The molecule has 1 heterocycles. The van der Waals surface area contributed by atoms with Gasteiger partial charge >= 0.3 is 0 Å². The van der Waals surface area contributed by atoms with Crippen molar-refractivity contribution in [3.8, 4) is 0 Å². The number of halogens is 1. The number of hydrogen-bond acceptors (Lipinski definition) is 3. The van der Waals surface area contributed by atoms with Gasteiger partial charge < -0.3 is 4.74 Å². The minimum Gasteiger partial charge on any atom is -0.381 e. The van der Waals surface area contributed by atoms with Gasteiger partial charge in [-0.3, -0.25) is 9.59 Å². The van der Waals surface area contributed by atoms with Gasteiger partial charge in [0, 0.05) is 18.8 Å². The molecule has 1 aromatic carbocycles. The van der Waals surface area contributed by atoms with Gasteiger partial charge in [-0.1, -0.05) is 0 Å². The quantitative estimate of drug-likeness (QED) is 0.803. The van der Waals surface area contributed by atoms with E-state index in [-0.39, 0.29) is 17.4 Å². The third-order valence-corrected chi connectivity index (χ3v) is 4.88. The van der Waals surface area contributed by atoms with E-state index in [1.165, 1.54) is 18.2 Å². The highest BCUT2D eigenvalue weighted by Gasteiger charge is 2.38. The molecule has 1 aliphatic heterocycles. The second-order valence-corrected chi connectivity index (χ2v) is 6.58. The van der Waals surface area contributed by atoms with Crippen LogP contribution in [0.1, 0.15) is 41.9 Å². The van der Waals surface area contributed by atoms with Crippen LogP contribution in [-0.2, 0) is 14.3 Å². The molecular formula is C19H21FO3. The van der Waals surface area contributed by atoms with Crippen LogP contribution < -0.4 is 0 Å². The smallest absolute Gasteiger partial charge is 0.174 e. The molecule has 0 amide bonds. The average molecular weight is 316 g/mol. The Bertz CT molecular complexity index is 661. The largest absolute Gasteiger partial charge is 0.381 e. The second kappa shape index (κ2) is 6.36. The molecule has 0 bridgehead atoms. The van der Waals surface area contributed by atoms with Gasteiger partial charge in [-0.25, -0.2) is 4.39 Å². The van der Waals surface area contributed by atoms with Crippen molar-refractivity contribution in [3.63, 3.8) is 0 Å². The van der Waals surface area contributed by atoms with Gasteiger partial charge in [0.05, 0.1) is 0 Å². The van der Waals surface area contributed by atoms with Crippen molar-refractivity contribution >= 4 is 11.6 Å². The fourth-order valence-corrected chi connectivity index (χ4v) is 3.71. The molecule has 3 rings (SSSR count). The molecular weight excluding hydrogens is 295 g/mol. The summed E-state index contributed by atoms with van der Waals surface area (Å²) in [5.41, 5.74) is 2.61. The Morgan fingerprint density at radius 2 is 1.74 bits per heavy atom. The highest BCUT2D eigenvalue weighted by atomic mass is 19.1. The maximum Gasteiger partial charge on any atom is 0.174 e. The molecule has 3 nitrogen and oxygen atoms in total. The van der Waals surface area contributed by atoms with Gasteiger partial charge in [-0.05, 0) is 73.9 Å². The van der Waals surface area contributed by atoms with E-state index in [1.807, 2.05) is 0 Å². The van der Waals surface area contributed by atoms with Crippen LogP contribution in [-0.4, -0.2) is 24.8 Å². The van der Waals surface area contributed by atoms with Crippen LogP contribution >= 0.6 is 0 Å². The number of hydrogen-bond donors (Lipinski definition) is 0. The maximum atomic E-state index is 13.5. The second-order valence-electron chi connectivity index (χ2n) is 6.58. The molecule has 0 N–H and O–H groups in total. The summed E-state index contributed by atoms with van der Waals surface area (Å²) in [5.74, 6) is -1.00. The summed E-state index contributed by atoms with van der Waals surface area (Å²) in [5, 5.41) is 0. The van der Waals surface area contributed by atoms with Gasteiger partial charge in [-0.15, -0.1) is 0 Å². The van der Waals surface area contributed by atoms with Crippen LogP contribution in [0.2, 0.25) is 0 Å². The van der Waals surface area contributed by atoms with E-state index >= 15 is 0 Å². The molecule has 0 spiro atoms. The highest BCUT2D eigenvalue weighted by Crippen LogP contribution is 2.36. The minimum atomic E-state index is -0.787. The van der Waals surface area contributed by atoms with E-state index in [0.29, 0.717) is 34.6 Å². The Morgan fingerprint density at radius 3 is 2.35 bits per heavy atom. The van der Waals surface area contributed by atoms with Crippen molar-refractivity contribution in [1.82, 2.24) is 0 Å². The number of allylic oxidation sites excluding steroid dienone is 2. The van der Waals surface area contributed by atoms with Crippen molar-refractivity contribution in [2.75, 3.05) is 13.2 Å². The molecule has 0 aromatic heterocycles. The minimum absolute atomic E-state index is 0.112. The third kappa shape index (κ3) is 3.13. The topological polar surface area (TPSA) is 43.4 Å².